The van der Waals surface area contributed by atoms with Gasteiger partial charge in [0.15, 0.2) is 0 Å². The number of halogens is 2. The molecule has 0 aliphatic carbocycles. The number of nitrogens with zero attached hydrogens (tertiary/aromatic N) is 1. The van der Waals surface area contributed by atoms with Crippen LogP contribution in [0.5, 0.6) is 0 Å². The zero-order valence-electron chi connectivity index (χ0n) is 6.29. The molecule has 1 N–H and O–H groups in total. The molecule has 0 rings (SSSR count). The lowest BCUT2D eigenvalue weighted by molar-refractivity contribution is 0.231. The molecule has 0 saturated carbocycles. The first-order chi connectivity index (χ1) is 5.40. The molecule has 0 aliphatic rings. The number of hydrogen-bond donors (Lipinski definition) is 1. The highest BCUT2D eigenvalue weighted by atomic mass is 32.2. The Labute approximate surface area is 69.2 Å². The maximum absolute atomic E-state index is 11.7. The van der Waals surface area contributed by atoms with Gasteiger partial charge in [-0.05, 0) is 6.92 Å². The van der Waals surface area contributed by atoms with E-state index in [1.165, 1.54) is 6.92 Å². The number of nitrogens with one attached hydrogen (secondary N) is 1. The highest BCUT2D eigenvalue weighted by Crippen LogP contribution is 2.03. The van der Waals surface area contributed by atoms with Crippen LogP contribution < -0.4 is 4.72 Å². The maximum Gasteiger partial charge on any atom is 0.350 e. The average molecular weight is 198 g/mol. The first-order valence-electron chi connectivity index (χ1n) is 3.06. The zero-order chi connectivity index (χ0) is 9.78. The van der Waals surface area contributed by atoms with E-state index < -0.39 is 21.8 Å². The van der Waals surface area contributed by atoms with Gasteiger partial charge in [0.2, 0.25) is 0 Å². The zero-order valence-corrected chi connectivity index (χ0v) is 7.11. The summed E-state index contributed by atoms with van der Waals surface area (Å²) in [6.45, 7) is 1.34. The van der Waals surface area contributed by atoms with Crippen LogP contribution in [0.15, 0.2) is 0 Å². The second kappa shape index (κ2) is 4.33. The van der Waals surface area contributed by atoms with Crippen molar-refractivity contribution < 1.29 is 17.2 Å². The van der Waals surface area contributed by atoms with E-state index in [2.05, 4.69) is 0 Å². The Morgan fingerprint density at radius 2 is 2.08 bits per heavy atom. The number of alkyl halides is 2. The molecule has 0 fully saturated rings. The van der Waals surface area contributed by atoms with Gasteiger partial charge in [-0.1, -0.05) is 0 Å². The van der Waals surface area contributed by atoms with E-state index >= 15 is 0 Å². The van der Waals surface area contributed by atoms with Gasteiger partial charge in [-0.15, -0.1) is 0 Å². The van der Waals surface area contributed by atoms with Crippen molar-refractivity contribution in [3.8, 4) is 6.07 Å². The Morgan fingerprint density at radius 3 is 2.42 bits per heavy atom. The maximum atomic E-state index is 11.7. The van der Waals surface area contributed by atoms with Crippen LogP contribution in [0, 0.1) is 11.3 Å². The number of hydrogen-bond acceptors (Lipinski definition) is 3. The molecule has 1 atom stereocenters. The second-order valence-electron chi connectivity index (χ2n) is 2.19. The average Bonchev–Trinajstić information content (AvgIpc) is 1.85. The molecule has 0 aliphatic heterocycles. The van der Waals surface area contributed by atoms with Crippen LogP contribution in [-0.4, -0.2) is 20.2 Å². The summed E-state index contributed by atoms with van der Waals surface area (Å²) < 4.78 is 45.9. The summed E-state index contributed by atoms with van der Waals surface area (Å²) in [7, 11) is -4.55. The summed E-state index contributed by atoms with van der Waals surface area (Å²) >= 11 is 0. The molecule has 1 unspecified atom stereocenters. The van der Waals surface area contributed by atoms with Crippen molar-refractivity contribution in [2.24, 2.45) is 0 Å². The van der Waals surface area contributed by atoms with Crippen LogP contribution in [0.4, 0.5) is 8.78 Å². The molecular formula is C5H8F2N2O2S. The predicted molar refractivity (Wildman–Crippen MR) is 37.8 cm³/mol. The summed E-state index contributed by atoms with van der Waals surface area (Å²) in [6.07, 6.45) is -0.133. The molecule has 7 heteroatoms. The molecule has 0 bridgehead atoms. The van der Waals surface area contributed by atoms with Crippen molar-refractivity contribution in [3.63, 3.8) is 0 Å². The molecular weight excluding hydrogens is 190 g/mol. The Balaban J connectivity index is 4.19. The molecule has 0 saturated heterocycles. The first-order valence-corrected chi connectivity index (χ1v) is 4.61. The molecule has 70 valence electrons. The normalized spacial score (nSPS) is 14.2. The third-order valence-corrected chi connectivity index (χ3v) is 2.20. The van der Waals surface area contributed by atoms with Crippen LogP contribution in [0.1, 0.15) is 13.3 Å². The van der Waals surface area contributed by atoms with E-state index in [1.807, 2.05) is 0 Å². The largest absolute Gasteiger partial charge is 0.350 e. The summed E-state index contributed by atoms with van der Waals surface area (Å²) in [5, 5.41) is 8.10. The molecule has 0 spiro atoms. The lowest BCUT2D eigenvalue weighted by atomic mass is 10.3. The SMILES string of the molecule is CC(CC#N)NS(=O)(=O)C(F)F. The van der Waals surface area contributed by atoms with Crippen LogP contribution in [0.25, 0.3) is 0 Å². The fraction of sp³-hybridized carbons (Fsp3) is 0.800. The highest BCUT2D eigenvalue weighted by molar-refractivity contribution is 7.89. The van der Waals surface area contributed by atoms with Crippen LogP contribution in [-0.2, 0) is 10.0 Å². The van der Waals surface area contributed by atoms with Crippen LogP contribution in [0.2, 0.25) is 0 Å². The molecule has 0 heterocycles. The minimum atomic E-state index is -4.55. The lowest BCUT2D eigenvalue weighted by Crippen LogP contribution is -2.36. The third kappa shape index (κ3) is 3.59. The van der Waals surface area contributed by atoms with E-state index in [4.69, 9.17) is 5.26 Å². The van der Waals surface area contributed by atoms with Gasteiger partial charge in [0, 0.05) is 6.04 Å². The van der Waals surface area contributed by atoms with Crippen molar-refractivity contribution in [1.82, 2.24) is 4.72 Å². The van der Waals surface area contributed by atoms with E-state index in [0.717, 1.165) is 0 Å². The summed E-state index contributed by atoms with van der Waals surface area (Å²) in [5.41, 5.74) is 0. The fourth-order valence-electron chi connectivity index (χ4n) is 0.510. The summed E-state index contributed by atoms with van der Waals surface area (Å²) in [6, 6.07) is 0.874. The summed E-state index contributed by atoms with van der Waals surface area (Å²) in [4.78, 5) is 0. The smallest absolute Gasteiger partial charge is 0.206 e. The highest BCUT2D eigenvalue weighted by Gasteiger charge is 2.25. The van der Waals surface area contributed by atoms with E-state index in [9.17, 15) is 17.2 Å². The molecule has 0 aromatic rings. The van der Waals surface area contributed by atoms with Gasteiger partial charge in [-0.25, -0.2) is 13.1 Å². The Hall–Kier alpha value is -0.740. The van der Waals surface area contributed by atoms with Crippen molar-refractivity contribution >= 4 is 10.0 Å². The monoisotopic (exact) mass is 198 g/mol. The van der Waals surface area contributed by atoms with E-state index in [0.29, 0.717) is 0 Å². The molecule has 0 aromatic carbocycles. The molecule has 0 aromatic heterocycles. The Kier molecular flexibility index (Phi) is 4.06. The van der Waals surface area contributed by atoms with Gasteiger partial charge in [-0.2, -0.15) is 14.0 Å². The molecule has 0 radical (unpaired) electrons. The fourth-order valence-corrected chi connectivity index (χ4v) is 1.26. The van der Waals surface area contributed by atoms with Gasteiger partial charge in [0.05, 0.1) is 12.5 Å². The van der Waals surface area contributed by atoms with Gasteiger partial charge >= 0.3 is 5.76 Å². The predicted octanol–water partition coefficient (Wildman–Crippen LogP) is 0.431. The Bertz CT molecular complexity index is 270. The van der Waals surface area contributed by atoms with Gasteiger partial charge < -0.3 is 0 Å². The summed E-state index contributed by atoms with van der Waals surface area (Å²) in [5.74, 6) is -3.45. The van der Waals surface area contributed by atoms with Crippen molar-refractivity contribution in [3.05, 3.63) is 0 Å². The number of sulfonamides is 1. The van der Waals surface area contributed by atoms with Gasteiger partial charge in [0.1, 0.15) is 0 Å². The quantitative estimate of drug-likeness (QED) is 0.712. The number of nitriles is 1. The van der Waals surface area contributed by atoms with Crippen molar-refractivity contribution in [1.29, 1.82) is 5.26 Å². The third-order valence-electron chi connectivity index (χ3n) is 0.997. The van der Waals surface area contributed by atoms with Gasteiger partial charge in [-0.3, -0.25) is 0 Å². The number of rotatable bonds is 4. The second-order valence-corrected chi connectivity index (χ2v) is 3.87. The first kappa shape index (κ1) is 11.3. The minimum absolute atomic E-state index is 0.133. The minimum Gasteiger partial charge on any atom is -0.206 e. The van der Waals surface area contributed by atoms with E-state index in [-0.39, 0.29) is 6.42 Å². The van der Waals surface area contributed by atoms with Crippen LogP contribution in [0.3, 0.4) is 0 Å². The molecule has 4 nitrogen and oxygen atoms in total. The molecule has 0 amide bonds. The van der Waals surface area contributed by atoms with Gasteiger partial charge in [0.25, 0.3) is 10.0 Å². The topological polar surface area (TPSA) is 70.0 Å². The van der Waals surface area contributed by atoms with E-state index in [1.54, 1.807) is 10.8 Å². The Morgan fingerprint density at radius 1 is 1.58 bits per heavy atom. The molecule has 12 heavy (non-hydrogen) atoms. The van der Waals surface area contributed by atoms with Crippen LogP contribution >= 0.6 is 0 Å². The van der Waals surface area contributed by atoms with Crippen molar-refractivity contribution in [2.45, 2.75) is 25.1 Å². The van der Waals surface area contributed by atoms with Crippen molar-refractivity contribution in [2.75, 3.05) is 0 Å². The lowest BCUT2D eigenvalue weighted by Gasteiger charge is -2.09. The standard InChI is InChI=1S/C5H8F2N2O2S/c1-4(2-3-8)9-12(10,11)5(6)7/h4-5,9H,2H2,1H3.